The molecular formula is C20H20N4O. The van der Waals surface area contributed by atoms with Crippen molar-refractivity contribution in [2.24, 2.45) is 0 Å². The number of aryl methyl sites for hydroxylation is 3. The number of para-hydroxylation sites is 1. The highest BCUT2D eigenvalue weighted by atomic mass is 16.1. The molecule has 1 heterocycles. The quantitative estimate of drug-likeness (QED) is 0.743. The Hall–Kier alpha value is -3.21. The SMILES string of the molecule is Cc1cccc(NC(=O)c2ccnc(Nc3c(C)cccc3C)n2)c1. The van der Waals surface area contributed by atoms with Gasteiger partial charge in [-0.3, -0.25) is 4.79 Å². The molecule has 0 bridgehead atoms. The third-order valence-corrected chi connectivity index (χ3v) is 3.88. The summed E-state index contributed by atoms with van der Waals surface area (Å²) in [5, 5.41) is 6.06. The number of rotatable bonds is 4. The Kier molecular flexibility index (Phi) is 4.75. The summed E-state index contributed by atoms with van der Waals surface area (Å²) in [6, 6.07) is 15.3. The second-order valence-electron chi connectivity index (χ2n) is 5.98. The van der Waals surface area contributed by atoms with Crippen LogP contribution >= 0.6 is 0 Å². The molecule has 0 aliphatic heterocycles. The molecule has 126 valence electrons. The van der Waals surface area contributed by atoms with Crippen LogP contribution in [0.4, 0.5) is 17.3 Å². The average molecular weight is 332 g/mol. The minimum absolute atomic E-state index is 0.266. The van der Waals surface area contributed by atoms with E-state index in [4.69, 9.17) is 0 Å². The molecule has 0 spiro atoms. The minimum Gasteiger partial charge on any atom is -0.324 e. The number of aromatic nitrogens is 2. The topological polar surface area (TPSA) is 66.9 Å². The van der Waals surface area contributed by atoms with Crippen LogP contribution in [0.3, 0.4) is 0 Å². The molecule has 1 amide bonds. The average Bonchev–Trinajstić information content (AvgIpc) is 2.58. The summed E-state index contributed by atoms with van der Waals surface area (Å²) >= 11 is 0. The van der Waals surface area contributed by atoms with Gasteiger partial charge in [-0.2, -0.15) is 0 Å². The Labute approximate surface area is 147 Å². The number of anilines is 3. The molecule has 0 saturated heterocycles. The zero-order valence-electron chi connectivity index (χ0n) is 14.5. The van der Waals surface area contributed by atoms with Gasteiger partial charge in [-0.05, 0) is 55.7 Å². The van der Waals surface area contributed by atoms with Gasteiger partial charge in [0, 0.05) is 17.6 Å². The highest BCUT2D eigenvalue weighted by Crippen LogP contribution is 2.22. The van der Waals surface area contributed by atoms with E-state index in [1.54, 1.807) is 12.3 Å². The number of carbonyl (C=O) groups is 1. The molecule has 0 saturated carbocycles. The van der Waals surface area contributed by atoms with Gasteiger partial charge in [0.15, 0.2) is 0 Å². The molecule has 0 atom stereocenters. The van der Waals surface area contributed by atoms with E-state index in [2.05, 4.69) is 20.6 Å². The Morgan fingerprint density at radius 1 is 0.960 bits per heavy atom. The molecule has 5 heteroatoms. The van der Waals surface area contributed by atoms with E-state index in [0.29, 0.717) is 11.6 Å². The molecule has 0 aliphatic carbocycles. The minimum atomic E-state index is -0.266. The summed E-state index contributed by atoms with van der Waals surface area (Å²) in [5.74, 6) is 0.131. The van der Waals surface area contributed by atoms with Gasteiger partial charge in [0.1, 0.15) is 5.69 Å². The standard InChI is InChI=1S/C20H20N4O/c1-13-6-4-9-16(12-13)22-19(25)17-10-11-21-20(23-17)24-18-14(2)7-5-8-15(18)3/h4-12H,1-3H3,(H,22,25)(H,21,23,24). The van der Waals surface area contributed by atoms with E-state index < -0.39 is 0 Å². The van der Waals surface area contributed by atoms with Crippen LogP contribution in [0.15, 0.2) is 54.7 Å². The maximum absolute atomic E-state index is 12.4. The fourth-order valence-corrected chi connectivity index (χ4v) is 2.59. The van der Waals surface area contributed by atoms with Crippen molar-refractivity contribution in [2.45, 2.75) is 20.8 Å². The predicted octanol–water partition coefficient (Wildman–Crippen LogP) is 4.40. The number of nitrogens with one attached hydrogen (secondary N) is 2. The summed E-state index contributed by atoms with van der Waals surface area (Å²) in [4.78, 5) is 21.0. The van der Waals surface area contributed by atoms with Crippen molar-refractivity contribution in [3.8, 4) is 0 Å². The van der Waals surface area contributed by atoms with Crippen LogP contribution in [0.25, 0.3) is 0 Å². The Bertz CT molecular complexity index is 901. The van der Waals surface area contributed by atoms with Crippen LogP contribution in [0.1, 0.15) is 27.2 Å². The van der Waals surface area contributed by atoms with Gasteiger partial charge >= 0.3 is 0 Å². The van der Waals surface area contributed by atoms with Gasteiger partial charge in [-0.1, -0.05) is 30.3 Å². The van der Waals surface area contributed by atoms with E-state index >= 15 is 0 Å². The summed E-state index contributed by atoms with van der Waals surface area (Å²) < 4.78 is 0. The van der Waals surface area contributed by atoms with Crippen molar-refractivity contribution in [3.63, 3.8) is 0 Å². The summed E-state index contributed by atoms with van der Waals surface area (Å²) in [6.07, 6.45) is 1.58. The highest BCUT2D eigenvalue weighted by molar-refractivity contribution is 6.03. The highest BCUT2D eigenvalue weighted by Gasteiger charge is 2.11. The van der Waals surface area contributed by atoms with Crippen LogP contribution in [0.2, 0.25) is 0 Å². The van der Waals surface area contributed by atoms with E-state index in [1.807, 2.05) is 63.2 Å². The number of hydrogen-bond acceptors (Lipinski definition) is 4. The third kappa shape index (κ3) is 4.01. The Morgan fingerprint density at radius 3 is 2.40 bits per heavy atom. The molecule has 0 fully saturated rings. The van der Waals surface area contributed by atoms with Crippen molar-refractivity contribution in [1.29, 1.82) is 0 Å². The smallest absolute Gasteiger partial charge is 0.274 e. The van der Waals surface area contributed by atoms with Gasteiger partial charge in [0.25, 0.3) is 5.91 Å². The van der Waals surface area contributed by atoms with Crippen molar-refractivity contribution < 1.29 is 4.79 Å². The number of hydrogen-bond donors (Lipinski definition) is 2. The van der Waals surface area contributed by atoms with Crippen molar-refractivity contribution >= 4 is 23.2 Å². The molecule has 25 heavy (non-hydrogen) atoms. The molecule has 2 aromatic carbocycles. The van der Waals surface area contributed by atoms with Gasteiger partial charge < -0.3 is 10.6 Å². The van der Waals surface area contributed by atoms with E-state index in [-0.39, 0.29) is 5.91 Å². The van der Waals surface area contributed by atoms with Crippen LogP contribution in [-0.2, 0) is 0 Å². The zero-order chi connectivity index (χ0) is 17.8. The first-order valence-corrected chi connectivity index (χ1v) is 8.07. The van der Waals surface area contributed by atoms with Gasteiger partial charge in [0.05, 0.1) is 0 Å². The Balaban J connectivity index is 1.80. The molecule has 0 radical (unpaired) electrons. The maximum Gasteiger partial charge on any atom is 0.274 e. The van der Waals surface area contributed by atoms with E-state index in [9.17, 15) is 4.79 Å². The van der Waals surface area contributed by atoms with Crippen molar-refractivity contribution in [2.75, 3.05) is 10.6 Å². The lowest BCUT2D eigenvalue weighted by Crippen LogP contribution is -2.15. The monoisotopic (exact) mass is 332 g/mol. The lowest BCUT2D eigenvalue weighted by Gasteiger charge is -2.12. The normalized spacial score (nSPS) is 10.4. The molecular weight excluding hydrogens is 312 g/mol. The lowest BCUT2D eigenvalue weighted by atomic mass is 10.1. The fourth-order valence-electron chi connectivity index (χ4n) is 2.59. The zero-order valence-corrected chi connectivity index (χ0v) is 14.5. The molecule has 0 unspecified atom stereocenters. The van der Waals surface area contributed by atoms with Gasteiger partial charge in [-0.15, -0.1) is 0 Å². The summed E-state index contributed by atoms with van der Waals surface area (Å²) in [7, 11) is 0. The van der Waals surface area contributed by atoms with Crippen LogP contribution in [-0.4, -0.2) is 15.9 Å². The number of benzene rings is 2. The largest absolute Gasteiger partial charge is 0.324 e. The molecule has 3 rings (SSSR count). The maximum atomic E-state index is 12.4. The molecule has 2 N–H and O–H groups in total. The second-order valence-corrected chi connectivity index (χ2v) is 5.98. The Morgan fingerprint density at radius 2 is 1.68 bits per heavy atom. The van der Waals surface area contributed by atoms with Gasteiger partial charge in [-0.25, -0.2) is 9.97 Å². The lowest BCUT2D eigenvalue weighted by molar-refractivity contribution is 0.102. The second kappa shape index (κ2) is 7.13. The molecule has 5 nitrogen and oxygen atoms in total. The summed E-state index contributed by atoms with van der Waals surface area (Å²) in [5.41, 5.74) is 5.28. The number of amides is 1. The molecule has 1 aromatic heterocycles. The predicted molar refractivity (Wildman–Crippen MR) is 100 cm³/mol. The van der Waals surface area contributed by atoms with Crippen molar-refractivity contribution in [1.82, 2.24) is 9.97 Å². The first-order chi connectivity index (χ1) is 12.0. The third-order valence-electron chi connectivity index (χ3n) is 3.88. The molecule has 3 aromatic rings. The van der Waals surface area contributed by atoms with Gasteiger partial charge in [0.2, 0.25) is 5.95 Å². The van der Waals surface area contributed by atoms with Crippen LogP contribution in [0.5, 0.6) is 0 Å². The number of nitrogens with zero attached hydrogens (tertiary/aromatic N) is 2. The van der Waals surface area contributed by atoms with E-state index in [0.717, 1.165) is 28.1 Å². The van der Waals surface area contributed by atoms with Crippen LogP contribution in [0, 0.1) is 20.8 Å². The first-order valence-electron chi connectivity index (χ1n) is 8.07. The molecule has 0 aliphatic rings. The first kappa shape index (κ1) is 16.6. The fraction of sp³-hybridized carbons (Fsp3) is 0.150. The van der Waals surface area contributed by atoms with Crippen molar-refractivity contribution in [3.05, 3.63) is 77.1 Å². The number of carbonyl (C=O) groups excluding carboxylic acids is 1. The van der Waals surface area contributed by atoms with Crippen LogP contribution < -0.4 is 10.6 Å². The summed E-state index contributed by atoms with van der Waals surface area (Å²) in [6.45, 7) is 6.01. The van der Waals surface area contributed by atoms with E-state index in [1.165, 1.54) is 0 Å².